The highest BCUT2D eigenvalue weighted by Gasteiger charge is 2.14. The first-order valence-corrected chi connectivity index (χ1v) is 3.56. The first-order chi connectivity index (χ1) is 5.61. The molecule has 0 aliphatic rings. The predicted molar refractivity (Wildman–Crippen MR) is 44.5 cm³/mol. The Morgan fingerprint density at radius 3 is 2.58 bits per heavy atom. The van der Waals surface area contributed by atoms with Crippen molar-refractivity contribution in [3.63, 3.8) is 0 Å². The molecule has 0 saturated carbocycles. The Labute approximate surface area is 71.0 Å². The Hall–Kier alpha value is -1.07. The summed E-state index contributed by atoms with van der Waals surface area (Å²) in [4.78, 5) is 3.95. The molecule has 0 unspecified atom stereocenters. The highest BCUT2D eigenvalue weighted by molar-refractivity contribution is 6.33. The topological polar surface area (TPSA) is 62.6 Å². The van der Waals surface area contributed by atoms with Gasteiger partial charge in [-0.1, -0.05) is 0 Å². The number of hydrogen-bond donors (Lipinski definition) is 2. The van der Waals surface area contributed by atoms with E-state index in [9.17, 15) is 0 Å². The van der Waals surface area contributed by atoms with Gasteiger partial charge in [-0.25, -0.2) is 0 Å². The van der Waals surface area contributed by atoms with Crippen LogP contribution in [0, 0.1) is 13.8 Å². The molecule has 1 aromatic rings. The number of nitrogens with zero attached hydrogens (tertiary/aromatic N) is 1. The SMILES string of the molecule is Cc1ccnc(C)c1OB(O)O. The number of hydrogen-bond acceptors (Lipinski definition) is 4. The van der Waals surface area contributed by atoms with E-state index in [0.717, 1.165) is 5.56 Å². The van der Waals surface area contributed by atoms with E-state index in [1.165, 1.54) is 0 Å². The minimum absolute atomic E-state index is 0.424. The van der Waals surface area contributed by atoms with Crippen LogP contribution < -0.4 is 4.65 Å². The zero-order chi connectivity index (χ0) is 9.14. The molecule has 0 saturated heterocycles. The summed E-state index contributed by atoms with van der Waals surface area (Å²) < 4.78 is 4.72. The van der Waals surface area contributed by atoms with Crippen LogP contribution in [0.5, 0.6) is 5.75 Å². The maximum absolute atomic E-state index is 8.56. The van der Waals surface area contributed by atoms with Crippen LogP contribution in [0.1, 0.15) is 11.3 Å². The van der Waals surface area contributed by atoms with E-state index >= 15 is 0 Å². The first-order valence-electron chi connectivity index (χ1n) is 3.56. The largest absolute Gasteiger partial charge is 0.707 e. The Morgan fingerprint density at radius 1 is 1.42 bits per heavy atom. The van der Waals surface area contributed by atoms with Crippen molar-refractivity contribution in [2.75, 3.05) is 0 Å². The van der Waals surface area contributed by atoms with Gasteiger partial charge in [0.1, 0.15) is 5.75 Å². The first kappa shape index (κ1) is 9.03. The summed E-state index contributed by atoms with van der Waals surface area (Å²) in [6, 6.07) is 1.74. The molecule has 0 fully saturated rings. The van der Waals surface area contributed by atoms with Gasteiger partial charge in [0.2, 0.25) is 0 Å². The zero-order valence-corrected chi connectivity index (χ0v) is 6.98. The summed E-state index contributed by atoms with van der Waals surface area (Å²) >= 11 is 0. The van der Waals surface area contributed by atoms with Crippen molar-refractivity contribution in [2.45, 2.75) is 13.8 Å². The van der Waals surface area contributed by atoms with Gasteiger partial charge in [-0.3, -0.25) is 4.98 Å². The van der Waals surface area contributed by atoms with Gasteiger partial charge in [0.25, 0.3) is 0 Å². The molecule has 2 N–H and O–H groups in total. The van der Waals surface area contributed by atoms with Crippen molar-refractivity contribution in [1.29, 1.82) is 0 Å². The standard InChI is InChI=1S/C7H10BNO3/c1-5-3-4-9-6(2)7(5)12-8(10)11/h3-4,10-11H,1-2H3. The fourth-order valence-electron chi connectivity index (χ4n) is 0.964. The van der Waals surface area contributed by atoms with Gasteiger partial charge in [0, 0.05) is 6.20 Å². The van der Waals surface area contributed by atoms with Gasteiger partial charge >= 0.3 is 7.32 Å². The lowest BCUT2D eigenvalue weighted by Crippen LogP contribution is -2.21. The Balaban J connectivity index is 2.96. The summed E-state index contributed by atoms with van der Waals surface area (Å²) in [6.07, 6.45) is 1.64. The molecule has 1 rings (SSSR count). The molecule has 0 spiro atoms. The van der Waals surface area contributed by atoms with E-state index in [-0.39, 0.29) is 0 Å². The lowest BCUT2D eigenvalue weighted by atomic mass is 10.2. The Bertz CT molecular complexity index is 257. The minimum Gasteiger partial charge on any atom is -0.510 e. The van der Waals surface area contributed by atoms with Crippen molar-refractivity contribution in [1.82, 2.24) is 4.98 Å². The molecule has 12 heavy (non-hydrogen) atoms. The summed E-state index contributed by atoms with van der Waals surface area (Å²) in [5.74, 6) is 0.424. The van der Waals surface area contributed by atoms with Crippen LogP contribution in [0.25, 0.3) is 0 Å². The van der Waals surface area contributed by atoms with Gasteiger partial charge in [0.15, 0.2) is 0 Å². The van der Waals surface area contributed by atoms with Crippen molar-refractivity contribution in [2.24, 2.45) is 0 Å². The molecule has 5 heteroatoms. The van der Waals surface area contributed by atoms with Crippen molar-refractivity contribution in [3.05, 3.63) is 23.5 Å². The minimum atomic E-state index is -1.79. The normalized spacial score (nSPS) is 9.67. The maximum Gasteiger partial charge on any atom is 0.707 e. The molecule has 0 atom stereocenters. The van der Waals surface area contributed by atoms with Crippen molar-refractivity contribution in [3.8, 4) is 5.75 Å². The highest BCUT2D eigenvalue weighted by atomic mass is 16.6. The maximum atomic E-state index is 8.56. The van der Waals surface area contributed by atoms with E-state index < -0.39 is 7.32 Å². The lowest BCUT2D eigenvalue weighted by molar-refractivity contribution is 0.286. The van der Waals surface area contributed by atoms with Crippen LogP contribution in [0.4, 0.5) is 0 Å². The summed E-state index contributed by atoms with van der Waals surface area (Å²) in [5.41, 5.74) is 1.47. The number of pyridine rings is 1. The molecule has 4 nitrogen and oxygen atoms in total. The number of aryl methyl sites for hydroxylation is 2. The molecule has 1 aromatic heterocycles. The number of rotatable bonds is 2. The molecule has 0 aliphatic heterocycles. The van der Waals surface area contributed by atoms with E-state index in [2.05, 4.69) is 4.98 Å². The third-order valence-corrected chi connectivity index (χ3v) is 1.50. The van der Waals surface area contributed by atoms with Crippen molar-refractivity contribution < 1.29 is 14.7 Å². The second-order valence-corrected chi connectivity index (χ2v) is 2.49. The van der Waals surface area contributed by atoms with Gasteiger partial charge in [-0.15, -0.1) is 0 Å². The van der Waals surface area contributed by atoms with E-state index in [1.807, 2.05) is 6.92 Å². The van der Waals surface area contributed by atoms with Crippen LogP contribution in [0.2, 0.25) is 0 Å². The van der Waals surface area contributed by atoms with E-state index in [1.54, 1.807) is 19.2 Å². The predicted octanol–water partition coefficient (Wildman–Crippen LogP) is 0.0467. The monoisotopic (exact) mass is 167 g/mol. The molecule has 1 heterocycles. The van der Waals surface area contributed by atoms with Gasteiger partial charge in [-0.05, 0) is 25.5 Å². The average molecular weight is 167 g/mol. The fourth-order valence-corrected chi connectivity index (χ4v) is 0.964. The summed E-state index contributed by atoms with van der Waals surface area (Å²) in [5, 5.41) is 17.1. The molecule has 0 bridgehead atoms. The molecule has 0 aromatic carbocycles. The molecular weight excluding hydrogens is 157 g/mol. The van der Waals surface area contributed by atoms with Crippen LogP contribution in [-0.2, 0) is 0 Å². The fraction of sp³-hybridized carbons (Fsp3) is 0.286. The van der Waals surface area contributed by atoms with Crippen LogP contribution in [0.3, 0.4) is 0 Å². The lowest BCUT2D eigenvalue weighted by Gasteiger charge is -2.09. The van der Waals surface area contributed by atoms with E-state index in [0.29, 0.717) is 11.4 Å². The Kier molecular flexibility index (Phi) is 2.67. The van der Waals surface area contributed by atoms with Crippen LogP contribution >= 0.6 is 0 Å². The van der Waals surface area contributed by atoms with E-state index in [4.69, 9.17) is 14.7 Å². The van der Waals surface area contributed by atoms with Gasteiger partial charge < -0.3 is 14.7 Å². The highest BCUT2D eigenvalue weighted by Crippen LogP contribution is 2.19. The van der Waals surface area contributed by atoms with Crippen LogP contribution in [0.15, 0.2) is 12.3 Å². The molecule has 0 radical (unpaired) electrons. The smallest absolute Gasteiger partial charge is 0.510 e. The third kappa shape index (κ3) is 1.96. The quantitative estimate of drug-likeness (QED) is 0.610. The molecule has 0 amide bonds. The van der Waals surface area contributed by atoms with Crippen LogP contribution in [-0.4, -0.2) is 22.4 Å². The molecule has 0 aliphatic carbocycles. The second-order valence-electron chi connectivity index (χ2n) is 2.49. The average Bonchev–Trinajstić information content (AvgIpc) is 1.97. The third-order valence-electron chi connectivity index (χ3n) is 1.50. The van der Waals surface area contributed by atoms with Gasteiger partial charge in [0.05, 0.1) is 5.69 Å². The second kappa shape index (κ2) is 3.56. The zero-order valence-electron chi connectivity index (χ0n) is 6.98. The number of aromatic nitrogens is 1. The summed E-state index contributed by atoms with van der Waals surface area (Å²) in [6.45, 7) is 3.55. The van der Waals surface area contributed by atoms with Crippen molar-refractivity contribution >= 4 is 7.32 Å². The van der Waals surface area contributed by atoms with Gasteiger partial charge in [-0.2, -0.15) is 0 Å². The molecule has 64 valence electrons. The summed E-state index contributed by atoms with van der Waals surface area (Å²) in [7, 11) is -1.79. The Morgan fingerprint density at radius 2 is 2.08 bits per heavy atom. The molecular formula is C7H10BNO3.